The van der Waals surface area contributed by atoms with Gasteiger partial charge in [0.05, 0.1) is 5.69 Å². The Morgan fingerprint density at radius 2 is 1.86 bits per heavy atom. The third kappa shape index (κ3) is 3.67. The van der Waals surface area contributed by atoms with Crippen LogP contribution in [0.25, 0.3) is 11.3 Å². The summed E-state index contributed by atoms with van der Waals surface area (Å²) in [6.07, 6.45) is 7.09. The van der Waals surface area contributed by atoms with Crippen LogP contribution in [0.4, 0.5) is 5.82 Å². The average molecular weight is 318 g/mol. The predicted octanol–water partition coefficient (Wildman–Crippen LogP) is 5.08. The van der Waals surface area contributed by atoms with Crippen LogP contribution in [0.3, 0.4) is 0 Å². The SMILES string of the molecule is CCCC(CCC)c1cc(-c2cc(N)n(C)n2)ccc1SC. The number of anilines is 1. The molecule has 2 N–H and O–H groups in total. The van der Waals surface area contributed by atoms with Gasteiger partial charge in [0.1, 0.15) is 5.82 Å². The van der Waals surface area contributed by atoms with E-state index in [1.54, 1.807) is 4.68 Å². The lowest BCUT2D eigenvalue weighted by Crippen LogP contribution is -2.01. The molecule has 2 rings (SSSR count). The highest BCUT2D eigenvalue weighted by Gasteiger charge is 2.16. The molecule has 0 radical (unpaired) electrons. The van der Waals surface area contributed by atoms with Crippen molar-refractivity contribution in [2.75, 3.05) is 12.0 Å². The number of nitrogen functional groups attached to an aromatic ring is 1. The zero-order chi connectivity index (χ0) is 16.1. The van der Waals surface area contributed by atoms with Crippen LogP contribution in [-0.2, 0) is 7.05 Å². The fourth-order valence-corrected chi connectivity index (χ4v) is 3.65. The monoisotopic (exact) mass is 317 g/mol. The van der Waals surface area contributed by atoms with Gasteiger partial charge >= 0.3 is 0 Å². The molecule has 0 fully saturated rings. The number of hydrogen-bond acceptors (Lipinski definition) is 3. The van der Waals surface area contributed by atoms with E-state index >= 15 is 0 Å². The molecule has 0 atom stereocenters. The Bertz CT molecular complexity index is 593. The highest BCUT2D eigenvalue weighted by atomic mass is 32.2. The summed E-state index contributed by atoms with van der Waals surface area (Å²) in [5.41, 5.74) is 9.52. The minimum absolute atomic E-state index is 0.637. The number of nitrogens with two attached hydrogens (primary N) is 1. The lowest BCUT2D eigenvalue weighted by atomic mass is 9.89. The second-order valence-electron chi connectivity index (χ2n) is 5.81. The maximum absolute atomic E-state index is 5.92. The number of hydrogen-bond donors (Lipinski definition) is 1. The van der Waals surface area contributed by atoms with Crippen molar-refractivity contribution in [3.05, 3.63) is 29.8 Å². The predicted molar refractivity (Wildman–Crippen MR) is 97.4 cm³/mol. The Morgan fingerprint density at radius 3 is 2.36 bits per heavy atom. The first-order valence-corrected chi connectivity index (χ1v) is 9.30. The van der Waals surface area contributed by atoms with Crippen molar-refractivity contribution in [2.24, 2.45) is 7.05 Å². The summed E-state index contributed by atoms with van der Waals surface area (Å²) < 4.78 is 1.73. The van der Waals surface area contributed by atoms with E-state index in [1.165, 1.54) is 36.1 Å². The van der Waals surface area contributed by atoms with Gasteiger partial charge in [0, 0.05) is 23.6 Å². The topological polar surface area (TPSA) is 43.8 Å². The molecule has 0 unspecified atom stereocenters. The fourth-order valence-electron chi connectivity index (χ4n) is 2.99. The minimum Gasteiger partial charge on any atom is -0.384 e. The number of nitrogens with zero attached hydrogens (tertiary/aromatic N) is 2. The summed E-state index contributed by atoms with van der Waals surface area (Å²) in [6.45, 7) is 4.54. The lowest BCUT2D eigenvalue weighted by Gasteiger charge is -2.19. The molecule has 1 aromatic carbocycles. The van der Waals surface area contributed by atoms with Crippen molar-refractivity contribution in [3.63, 3.8) is 0 Å². The summed E-state index contributed by atoms with van der Waals surface area (Å²) in [4.78, 5) is 1.39. The summed E-state index contributed by atoms with van der Waals surface area (Å²) >= 11 is 1.84. The Labute approximate surface area is 138 Å². The Balaban J connectivity index is 2.44. The molecule has 0 spiro atoms. The molecule has 1 aromatic heterocycles. The van der Waals surface area contributed by atoms with E-state index in [-0.39, 0.29) is 0 Å². The van der Waals surface area contributed by atoms with Gasteiger partial charge in [0.2, 0.25) is 0 Å². The van der Waals surface area contributed by atoms with Crippen molar-refractivity contribution in [3.8, 4) is 11.3 Å². The lowest BCUT2D eigenvalue weighted by molar-refractivity contribution is 0.554. The van der Waals surface area contributed by atoms with E-state index in [9.17, 15) is 0 Å². The second-order valence-corrected chi connectivity index (χ2v) is 6.66. The number of thioether (sulfide) groups is 1. The zero-order valence-corrected chi connectivity index (χ0v) is 14.9. The van der Waals surface area contributed by atoms with Gasteiger partial charge in [-0.25, -0.2) is 0 Å². The van der Waals surface area contributed by atoms with Gasteiger partial charge in [0.15, 0.2) is 0 Å². The number of aromatic nitrogens is 2. The first-order valence-electron chi connectivity index (χ1n) is 8.08. The smallest absolute Gasteiger partial charge is 0.121 e. The normalized spacial score (nSPS) is 11.3. The van der Waals surface area contributed by atoms with Gasteiger partial charge in [-0.2, -0.15) is 5.10 Å². The van der Waals surface area contributed by atoms with Gasteiger partial charge in [0.25, 0.3) is 0 Å². The highest BCUT2D eigenvalue weighted by Crippen LogP contribution is 2.36. The molecular formula is C18H27N3S. The van der Waals surface area contributed by atoms with Gasteiger partial charge in [-0.1, -0.05) is 32.8 Å². The Kier molecular flexibility index (Phi) is 5.95. The van der Waals surface area contributed by atoms with Crippen molar-refractivity contribution >= 4 is 17.6 Å². The molecule has 2 aromatic rings. The van der Waals surface area contributed by atoms with Gasteiger partial charge in [-0.15, -0.1) is 11.8 Å². The summed E-state index contributed by atoms with van der Waals surface area (Å²) in [5, 5.41) is 4.51. The molecule has 0 aliphatic carbocycles. The third-order valence-corrected chi connectivity index (χ3v) is 4.97. The van der Waals surface area contributed by atoms with Crippen molar-refractivity contribution < 1.29 is 0 Å². The molecule has 4 heteroatoms. The summed E-state index contributed by atoms with van der Waals surface area (Å²) in [7, 11) is 1.88. The van der Waals surface area contributed by atoms with Crippen LogP contribution < -0.4 is 5.73 Å². The molecule has 22 heavy (non-hydrogen) atoms. The molecule has 1 heterocycles. The van der Waals surface area contributed by atoms with E-state index in [0.29, 0.717) is 11.7 Å². The molecule has 0 aliphatic heterocycles. The van der Waals surface area contributed by atoms with Gasteiger partial charge < -0.3 is 5.73 Å². The van der Waals surface area contributed by atoms with Crippen LogP contribution in [0.2, 0.25) is 0 Å². The standard InChI is InChI=1S/C18H27N3S/c1-5-7-13(8-6-2)15-11-14(9-10-17(15)22-4)16-12-18(19)21(3)20-16/h9-13H,5-8,19H2,1-4H3. The fraction of sp³-hybridized carbons (Fsp3) is 0.500. The molecule has 0 saturated carbocycles. The van der Waals surface area contributed by atoms with Gasteiger partial charge in [-0.3, -0.25) is 4.68 Å². The van der Waals surface area contributed by atoms with E-state index < -0.39 is 0 Å². The molecule has 0 amide bonds. The first-order chi connectivity index (χ1) is 10.6. The minimum atomic E-state index is 0.637. The number of aryl methyl sites for hydroxylation is 1. The molecule has 0 saturated heterocycles. The summed E-state index contributed by atoms with van der Waals surface area (Å²) in [5.74, 6) is 1.34. The largest absolute Gasteiger partial charge is 0.384 e. The van der Waals surface area contributed by atoms with Gasteiger partial charge in [-0.05, 0) is 42.7 Å². The molecule has 3 nitrogen and oxygen atoms in total. The molecule has 120 valence electrons. The van der Waals surface area contributed by atoms with E-state index in [1.807, 2.05) is 24.9 Å². The molecule has 0 bridgehead atoms. The quantitative estimate of drug-likeness (QED) is 0.725. The Morgan fingerprint density at radius 1 is 1.18 bits per heavy atom. The average Bonchev–Trinajstić information content (AvgIpc) is 2.86. The van der Waals surface area contributed by atoms with E-state index in [2.05, 4.69) is 43.4 Å². The maximum atomic E-state index is 5.92. The second kappa shape index (κ2) is 7.73. The number of rotatable bonds is 7. The Hall–Kier alpha value is -1.42. The first kappa shape index (κ1) is 16.9. The van der Waals surface area contributed by atoms with Crippen LogP contribution in [0.5, 0.6) is 0 Å². The van der Waals surface area contributed by atoms with Crippen molar-refractivity contribution in [2.45, 2.75) is 50.3 Å². The number of benzene rings is 1. The third-order valence-electron chi connectivity index (χ3n) is 4.16. The maximum Gasteiger partial charge on any atom is 0.121 e. The van der Waals surface area contributed by atoms with E-state index in [4.69, 9.17) is 5.73 Å². The molecule has 0 aliphatic rings. The van der Waals surface area contributed by atoms with Crippen molar-refractivity contribution in [1.29, 1.82) is 0 Å². The van der Waals surface area contributed by atoms with Crippen LogP contribution in [0, 0.1) is 0 Å². The summed E-state index contributed by atoms with van der Waals surface area (Å²) in [6, 6.07) is 8.67. The van der Waals surface area contributed by atoms with Crippen LogP contribution >= 0.6 is 11.8 Å². The van der Waals surface area contributed by atoms with Crippen LogP contribution in [-0.4, -0.2) is 16.0 Å². The van der Waals surface area contributed by atoms with Crippen molar-refractivity contribution in [1.82, 2.24) is 9.78 Å². The zero-order valence-electron chi connectivity index (χ0n) is 14.1. The molecular weight excluding hydrogens is 290 g/mol. The van der Waals surface area contributed by atoms with E-state index in [0.717, 1.165) is 11.3 Å². The van der Waals surface area contributed by atoms with Crippen LogP contribution in [0.15, 0.2) is 29.2 Å². The highest BCUT2D eigenvalue weighted by molar-refractivity contribution is 7.98. The van der Waals surface area contributed by atoms with Crippen LogP contribution in [0.1, 0.15) is 51.0 Å².